The Morgan fingerprint density at radius 1 is 1.14 bits per heavy atom. The predicted octanol–water partition coefficient (Wildman–Crippen LogP) is 4.54. The third kappa shape index (κ3) is 5.34. The van der Waals surface area contributed by atoms with Gasteiger partial charge in [0, 0.05) is 10.4 Å². The molecule has 0 radical (unpaired) electrons. The van der Waals surface area contributed by atoms with Crippen LogP contribution in [-0.2, 0) is 4.79 Å². The smallest absolute Gasteiger partial charge is 0.253 e. The van der Waals surface area contributed by atoms with Crippen molar-refractivity contribution in [2.75, 3.05) is 18.5 Å². The van der Waals surface area contributed by atoms with Gasteiger partial charge in [0.05, 0.1) is 29.4 Å². The Labute approximate surface area is 177 Å². The van der Waals surface area contributed by atoms with Gasteiger partial charge < -0.3 is 15.4 Å². The number of carbonyl (C=O) groups is 2. The number of hydrogen-bond donors (Lipinski definition) is 2. The summed E-state index contributed by atoms with van der Waals surface area (Å²) in [6, 6.07) is 14.3. The molecule has 0 saturated heterocycles. The molecule has 0 aliphatic heterocycles. The maximum atomic E-state index is 12.2. The van der Waals surface area contributed by atoms with Gasteiger partial charge in [0.1, 0.15) is 5.75 Å². The van der Waals surface area contributed by atoms with Crippen LogP contribution in [0.25, 0.3) is 11.3 Å². The Balaban J connectivity index is 1.60. The molecule has 0 spiro atoms. The van der Waals surface area contributed by atoms with Crippen LogP contribution >= 0.6 is 22.9 Å². The van der Waals surface area contributed by atoms with E-state index in [-0.39, 0.29) is 12.5 Å². The molecular weight excluding hydrogens is 410 g/mol. The summed E-state index contributed by atoms with van der Waals surface area (Å²) in [7, 11) is 0. The van der Waals surface area contributed by atoms with E-state index in [1.807, 2.05) is 38.1 Å². The molecule has 0 aliphatic carbocycles. The highest BCUT2D eigenvalue weighted by Gasteiger charge is 2.14. The number of rotatable bonds is 7. The number of aromatic nitrogens is 1. The number of benzene rings is 2. The maximum absolute atomic E-state index is 12.2. The number of nitrogens with zero attached hydrogens (tertiary/aromatic N) is 1. The van der Waals surface area contributed by atoms with Gasteiger partial charge in [0.15, 0.2) is 5.13 Å². The number of ether oxygens (including phenoxy) is 1. The summed E-state index contributed by atoms with van der Waals surface area (Å²) in [5.41, 5.74) is 2.06. The molecule has 150 valence electrons. The minimum absolute atomic E-state index is 0.179. The largest absolute Gasteiger partial charge is 0.494 e. The lowest BCUT2D eigenvalue weighted by Gasteiger charge is -2.06. The van der Waals surface area contributed by atoms with E-state index in [0.717, 1.165) is 21.9 Å². The van der Waals surface area contributed by atoms with E-state index in [2.05, 4.69) is 15.6 Å². The average Bonchev–Trinajstić information content (AvgIpc) is 3.07. The second-order valence-electron chi connectivity index (χ2n) is 6.09. The van der Waals surface area contributed by atoms with E-state index in [1.54, 1.807) is 24.3 Å². The molecule has 29 heavy (non-hydrogen) atoms. The minimum atomic E-state index is -0.406. The molecule has 2 N–H and O–H groups in total. The molecule has 0 bridgehead atoms. The van der Waals surface area contributed by atoms with E-state index in [1.165, 1.54) is 11.3 Å². The van der Waals surface area contributed by atoms with Crippen molar-refractivity contribution in [3.05, 3.63) is 64.0 Å². The van der Waals surface area contributed by atoms with Crippen LogP contribution < -0.4 is 15.4 Å². The predicted molar refractivity (Wildman–Crippen MR) is 116 cm³/mol. The highest BCUT2D eigenvalue weighted by atomic mass is 35.5. The Kier molecular flexibility index (Phi) is 6.85. The molecule has 6 nitrogen and oxygen atoms in total. The van der Waals surface area contributed by atoms with Gasteiger partial charge in [0.2, 0.25) is 5.91 Å². The minimum Gasteiger partial charge on any atom is -0.494 e. The first-order chi connectivity index (χ1) is 14.0. The SMILES string of the molecule is CCOc1ccc(-c2nc(NC(=O)CNC(=O)c3ccccc3Cl)sc2C)cc1. The Morgan fingerprint density at radius 3 is 2.55 bits per heavy atom. The van der Waals surface area contributed by atoms with E-state index in [4.69, 9.17) is 16.3 Å². The number of anilines is 1. The van der Waals surface area contributed by atoms with Crippen LogP contribution in [0.15, 0.2) is 48.5 Å². The molecule has 0 atom stereocenters. The number of amides is 2. The summed E-state index contributed by atoms with van der Waals surface area (Å²) in [6.45, 7) is 4.31. The van der Waals surface area contributed by atoms with Gasteiger partial charge in [-0.2, -0.15) is 0 Å². The Hall–Kier alpha value is -2.90. The molecule has 1 aromatic heterocycles. The molecule has 3 rings (SSSR count). The van der Waals surface area contributed by atoms with Crippen molar-refractivity contribution >= 4 is 39.9 Å². The summed E-state index contributed by atoms with van der Waals surface area (Å²) in [6.07, 6.45) is 0. The Bertz CT molecular complexity index is 1020. The third-order valence-electron chi connectivity index (χ3n) is 4.01. The van der Waals surface area contributed by atoms with Crippen LogP contribution in [0, 0.1) is 6.92 Å². The fourth-order valence-corrected chi connectivity index (χ4v) is 3.73. The van der Waals surface area contributed by atoms with Gasteiger partial charge >= 0.3 is 0 Å². The van der Waals surface area contributed by atoms with Crippen LogP contribution in [0.2, 0.25) is 5.02 Å². The first kappa shape index (κ1) is 20.8. The molecule has 8 heteroatoms. The van der Waals surface area contributed by atoms with E-state index in [0.29, 0.717) is 22.3 Å². The van der Waals surface area contributed by atoms with Gasteiger partial charge in [-0.15, -0.1) is 11.3 Å². The lowest BCUT2D eigenvalue weighted by Crippen LogP contribution is -2.32. The first-order valence-electron chi connectivity index (χ1n) is 9.01. The number of aryl methyl sites for hydroxylation is 1. The van der Waals surface area contributed by atoms with Gasteiger partial charge in [-0.1, -0.05) is 23.7 Å². The molecule has 1 heterocycles. The number of thiazole rings is 1. The zero-order chi connectivity index (χ0) is 20.8. The van der Waals surface area contributed by atoms with Crippen molar-refractivity contribution in [3.63, 3.8) is 0 Å². The third-order valence-corrected chi connectivity index (χ3v) is 5.23. The lowest BCUT2D eigenvalue weighted by molar-refractivity contribution is -0.115. The zero-order valence-corrected chi connectivity index (χ0v) is 17.6. The van der Waals surface area contributed by atoms with Crippen molar-refractivity contribution in [3.8, 4) is 17.0 Å². The monoisotopic (exact) mass is 429 g/mol. The molecule has 0 unspecified atom stereocenters. The molecule has 0 fully saturated rings. The number of hydrogen-bond acceptors (Lipinski definition) is 5. The van der Waals surface area contributed by atoms with Crippen molar-refractivity contribution in [2.24, 2.45) is 0 Å². The second kappa shape index (κ2) is 9.54. The second-order valence-corrected chi connectivity index (χ2v) is 7.70. The van der Waals surface area contributed by atoms with Crippen LogP contribution in [0.4, 0.5) is 5.13 Å². The molecule has 2 amide bonds. The summed E-state index contributed by atoms with van der Waals surface area (Å²) in [5, 5.41) is 6.09. The van der Waals surface area contributed by atoms with Gasteiger partial charge in [-0.05, 0) is 50.2 Å². The summed E-state index contributed by atoms with van der Waals surface area (Å²) < 4.78 is 5.45. The maximum Gasteiger partial charge on any atom is 0.253 e. The van der Waals surface area contributed by atoms with Gasteiger partial charge in [0.25, 0.3) is 5.91 Å². The topological polar surface area (TPSA) is 80.3 Å². The van der Waals surface area contributed by atoms with Crippen LogP contribution in [-0.4, -0.2) is 29.9 Å². The van der Waals surface area contributed by atoms with Gasteiger partial charge in [-0.25, -0.2) is 4.98 Å². The van der Waals surface area contributed by atoms with Crippen molar-refractivity contribution < 1.29 is 14.3 Å². The highest BCUT2D eigenvalue weighted by Crippen LogP contribution is 2.31. The van der Waals surface area contributed by atoms with Crippen molar-refractivity contribution in [1.29, 1.82) is 0 Å². The van der Waals surface area contributed by atoms with Crippen molar-refractivity contribution in [2.45, 2.75) is 13.8 Å². The standard InChI is InChI=1S/C21H20ClN3O3S/c1-3-28-15-10-8-14(9-11-15)19-13(2)29-21(25-19)24-18(26)12-23-20(27)16-6-4-5-7-17(16)22/h4-11H,3,12H2,1-2H3,(H,23,27)(H,24,25,26). The summed E-state index contributed by atoms with van der Waals surface area (Å²) in [5.74, 6) is 0.0282. The quantitative estimate of drug-likeness (QED) is 0.577. The van der Waals surface area contributed by atoms with Crippen molar-refractivity contribution in [1.82, 2.24) is 10.3 Å². The lowest BCUT2D eigenvalue weighted by atomic mass is 10.1. The van der Waals surface area contributed by atoms with E-state index < -0.39 is 5.91 Å². The first-order valence-corrected chi connectivity index (χ1v) is 10.2. The van der Waals surface area contributed by atoms with Gasteiger partial charge in [-0.3, -0.25) is 9.59 Å². The molecule has 0 saturated carbocycles. The average molecular weight is 430 g/mol. The van der Waals surface area contributed by atoms with Crippen LogP contribution in [0.3, 0.4) is 0 Å². The number of halogens is 1. The fourth-order valence-electron chi connectivity index (χ4n) is 2.66. The normalized spacial score (nSPS) is 10.4. The summed E-state index contributed by atoms with van der Waals surface area (Å²) >= 11 is 7.37. The number of nitrogens with one attached hydrogen (secondary N) is 2. The van der Waals surface area contributed by atoms with E-state index in [9.17, 15) is 9.59 Å². The highest BCUT2D eigenvalue weighted by molar-refractivity contribution is 7.16. The van der Waals surface area contributed by atoms with E-state index >= 15 is 0 Å². The molecule has 3 aromatic rings. The van der Waals surface area contributed by atoms with Crippen LogP contribution in [0.5, 0.6) is 5.75 Å². The molecular formula is C21H20ClN3O3S. The fraction of sp³-hybridized carbons (Fsp3) is 0.190. The molecule has 2 aromatic carbocycles. The Morgan fingerprint density at radius 2 is 1.86 bits per heavy atom. The van der Waals surface area contributed by atoms with Crippen LogP contribution in [0.1, 0.15) is 22.2 Å². The summed E-state index contributed by atoms with van der Waals surface area (Å²) in [4.78, 5) is 29.8. The zero-order valence-electron chi connectivity index (χ0n) is 16.0. The molecule has 0 aliphatic rings. The number of carbonyl (C=O) groups excluding carboxylic acids is 2.